The Morgan fingerprint density at radius 3 is 2.89 bits per heavy atom. The molecular formula is C12H10N3O3+. The number of imidazole rings is 1. The number of aromatic carboxylic acids is 1. The number of rotatable bonds is 1. The second-order valence-electron chi connectivity index (χ2n) is 4.14. The molecular weight excluding hydrogens is 234 g/mol. The number of benzene rings is 1. The van der Waals surface area contributed by atoms with Gasteiger partial charge in [-0.15, -0.1) is 0 Å². The zero-order valence-electron chi connectivity index (χ0n) is 9.57. The van der Waals surface area contributed by atoms with Crippen LogP contribution in [0.3, 0.4) is 0 Å². The predicted molar refractivity (Wildman–Crippen MR) is 62.2 cm³/mol. The molecule has 0 radical (unpaired) electrons. The SMILES string of the molecule is CC1c2c(C(=O)O)ncn2-c2ccccc2[N+]1=O. The number of carboxylic acid groups (broad SMARTS) is 1. The van der Waals surface area contributed by atoms with E-state index in [9.17, 15) is 9.70 Å². The number of aromatic nitrogens is 2. The molecule has 6 nitrogen and oxygen atoms in total. The molecule has 0 spiro atoms. The first-order valence-corrected chi connectivity index (χ1v) is 5.47. The fourth-order valence-corrected chi connectivity index (χ4v) is 2.29. The molecule has 1 aliphatic rings. The maximum absolute atomic E-state index is 12.1. The number of para-hydroxylation sites is 2. The Balaban J connectivity index is 2.35. The first-order chi connectivity index (χ1) is 8.61. The van der Waals surface area contributed by atoms with Gasteiger partial charge in [0.15, 0.2) is 5.69 Å². The third-order valence-corrected chi connectivity index (χ3v) is 3.13. The lowest BCUT2D eigenvalue weighted by atomic mass is 10.1. The molecule has 0 aliphatic carbocycles. The van der Waals surface area contributed by atoms with Gasteiger partial charge in [-0.2, -0.15) is 0 Å². The highest BCUT2D eigenvalue weighted by Crippen LogP contribution is 2.37. The summed E-state index contributed by atoms with van der Waals surface area (Å²) in [5, 5.41) is 9.09. The molecule has 0 fully saturated rings. The summed E-state index contributed by atoms with van der Waals surface area (Å²) >= 11 is 0. The summed E-state index contributed by atoms with van der Waals surface area (Å²) in [6.07, 6.45) is 1.45. The van der Waals surface area contributed by atoms with E-state index in [-0.39, 0.29) is 5.69 Å². The quantitative estimate of drug-likeness (QED) is 0.779. The van der Waals surface area contributed by atoms with Gasteiger partial charge in [0.2, 0.25) is 6.04 Å². The van der Waals surface area contributed by atoms with Crippen LogP contribution in [0.2, 0.25) is 0 Å². The lowest BCUT2D eigenvalue weighted by Crippen LogP contribution is -2.21. The van der Waals surface area contributed by atoms with E-state index >= 15 is 0 Å². The Kier molecular flexibility index (Phi) is 2.07. The summed E-state index contributed by atoms with van der Waals surface area (Å²) in [5.41, 5.74) is 1.52. The van der Waals surface area contributed by atoms with Gasteiger partial charge in [0, 0.05) is 22.7 Å². The van der Waals surface area contributed by atoms with Crippen molar-refractivity contribution in [2.45, 2.75) is 13.0 Å². The molecule has 1 aromatic heterocycles. The molecule has 0 amide bonds. The van der Waals surface area contributed by atoms with Crippen LogP contribution in [0.15, 0.2) is 30.6 Å². The largest absolute Gasteiger partial charge is 0.476 e. The second-order valence-corrected chi connectivity index (χ2v) is 4.14. The van der Waals surface area contributed by atoms with E-state index in [2.05, 4.69) is 4.98 Å². The Morgan fingerprint density at radius 1 is 1.44 bits per heavy atom. The monoisotopic (exact) mass is 244 g/mol. The van der Waals surface area contributed by atoms with Crippen molar-refractivity contribution in [3.05, 3.63) is 46.9 Å². The van der Waals surface area contributed by atoms with E-state index in [0.717, 1.165) is 4.76 Å². The molecule has 6 heteroatoms. The van der Waals surface area contributed by atoms with Gasteiger partial charge in [0.1, 0.15) is 17.7 Å². The molecule has 90 valence electrons. The van der Waals surface area contributed by atoms with Crippen molar-refractivity contribution >= 4 is 11.7 Å². The summed E-state index contributed by atoms with van der Waals surface area (Å²) in [4.78, 5) is 27.1. The average Bonchev–Trinajstić information content (AvgIpc) is 2.81. The topological polar surface area (TPSA) is 75.2 Å². The van der Waals surface area contributed by atoms with Gasteiger partial charge in [-0.05, 0) is 6.07 Å². The third-order valence-electron chi connectivity index (χ3n) is 3.13. The van der Waals surface area contributed by atoms with Crippen molar-refractivity contribution in [1.29, 1.82) is 0 Å². The molecule has 1 aromatic carbocycles. The molecule has 0 bridgehead atoms. The molecule has 2 heterocycles. The van der Waals surface area contributed by atoms with E-state index in [0.29, 0.717) is 17.1 Å². The first-order valence-electron chi connectivity index (χ1n) is 5.47. The zero-order valence-corrected chi connectivity index (χ0v) is 9.57. The number of nitroso groups, excluding NO2 is 1. The molecule has 0 saturated carbocycles. The van der Waals surface area contributed by atoms with E-state index in [1.807, 2.05) is 0 Å². The van der Waals surface area contributed by atoms with Crippen molar-refractivity contribution in [3.8, 4) is 5.69 Å². The van der Waals surface area contributed by atoms with E-state index in [1.165, 1.54) is 6.33 Å². The van der Waals surface area contributed by atoms with Gasteiger partial charge in [-0.25, -0.2) is 9.78 Å². The lowest BCUT2D eigenvalue weighted by molar-refractivity contribution is -0.511. The van der Waals surface area contributed by atoms with Crippen molar-refractivity contribution in [1.82, 2.24) is 9.55 Å². The highest BCUT2D eigenvalue weighted by molar-refractivity contribution is 5.87. The fourth-order valence-electron chi connectivity index (χ4n) is 2.29. The van der Waals surface area contributed by atoms with Gasteiger partial charge < -0.3 is 5.11 Å². The minimum Gasteiger partial charge on any atom is -0.476 e. The third kappa shape index (κ3) is 1.22. The standard InChI is InChI=1S/C12H9N3O3/c1-7-11-10(12(16)17)13-6-14(11)8-4-2-3-5-9(8)15(7)18/h2-7H,1H3/p+1. The second kappa shape index (κ2) is 3.49. The normalized spacial score (nSPS) is 17.2. The highest BCUT2D eigenvalue weighted by atomic mass is 16.4. The minimum absolute atomic E-state index is 0.0714. The van der Waals surface area contributed by atoms with Crippen molar-refractivity contribution in [2.24, 2.45) is 0 Å². The van der Waals surface area contributed by atoms with Gasteiger partial charge in [-0.3, -0.25) is 4.57 Å². The molecule has 1 atom stereocenters. The number of carboxylic acids is 1. The Labute approximate surface area is 102 Å². The van der Waals surface area contributed by atoms with Gasteiger partial charge in [0.25, 0.3) is 5.69 Å². The summed E-state index contributed by atoms with van der Waals surface area (Å²) in [6.45, 7) is 1.67. The number of carbonyl (C=O) groups is 1. The molecule has 18 heavy (non-hydrogen) atoms. The number of fused-ring (bicyclic) bond motifs is 3. The van der Waals surface area contributed by atoms with Crippen LogP contribution in [0.25, 0.3) is 5.69 Å². The maximum atomic E-state index is 12.1. The van der Waals surface area contributed by atoms with Crippen LogP contribution in [0, 0.1) is 4.91 Å². The van der Waals surface area contributed by atoms with Crippen LogP contribution >= 0.6 is 0 Å². The molecule has 1 aliphatic heterocycles. The summed E-state index contributed by atoms with van der Waals surface area (Å²) in [7, 11) is 0. The first kappa shape index (κ1) is 10.6. The van der Waals surface area contributed by atoms with Crippen molar-refractivity contribution in [2.75, 3.05) is 0 Å². The minimum atomic E-state index is -1.12. The van der Waals surface area contributed by atoms with Gasteiger partial charge >= 0.3 is 5.97 Å². The predicted octanol–water partition coefficient (Wildman–Crippen LogP) is 2.06. The van der Waals surface area contributed by atoms with E-state index < -0.39 is 12.0 Å². The van der Waals surface area contributed by atoms with Crippen LogP contribution in [0.1, 0.15) is 29.1 Å². The van der Waals surface area contributed by atoms with Crippen LogP contribution in [0.5, 0.6) is 0 Å². The lowest BCUT2D eigenvalue weighted by Gasteiger charge is -2.16. The Hall–Kier alpha value is -2.50. The molecule has 3 rings (SSSR count). The molecule has 2 aromatic rings. The van der Waals surface area contributed by atoms with E-state index in [4.69, 9.17) is 5.11 Å². The van der Waals surface area contributed by atoms with Gasteiger partial charge in [-0.1, -0.05) is 12.1 Å². The molecule has 1 unspecified atom stereocenters. The summed E-state index contributed by atoms with van der Waals surface area (Å²) in [5.74, 6) is -1.12. The molecule has 1 N–H and O–H groups in total. The molecule has 0 saturated heterocycles. The smallest absolute Gasteiger partial charge is 0.356 e. The van der Waals surface area contributed by atoms with Crippen LogP contribution < -0.4 is 0 Å². The van der Waals surface area contributed by atoms with E-state index in [1.54, 1.807) is 35.8 Å². The Morgan fingerprint density at radius 2 is 2.17 bits per heavy atom. The number of nitrogens with zero attached hydrogens (tertiary/aromatic N) is 3. The fraction of sp³-hybridized carbons (Fsp3) is 0.167. The summed E-state index contributed by atoms with van der Waals surface area (Å²) < 4.78 is 2.48. The number of hydrogen-bond acceptors (Lipinski definition) is 3. The zero-order chi connectivity index (χ0) is 12.9. The van der Waals surface area contributed by atoms with Crippen LogP contribution in [0.4, 0.5) is 5.69 Å². The van der Waals surface area contributed by atoms with Crippen molar-refractivity contribution < 1.29 is 14.7 Å². The van der Waals surface area contributed by atoms with Crippen LogP contribution in [-0.4, -0.2) is 25.4 Å². The summed E-state index contributed by atoms with van der Waals surface area (Å²) in [6, 6.07) is 6.47. The maximum Gasteiger partial charge on any atom is 0.356 e. The van der Waals surface area contributed by atoms with Crippen LogP contribution in [-0.2, 0) is 0 Å². The van der Waals surface area contributed by atoms with Crippen molar-refractivity contribution in [3.63, 3.8) is 0 Å². The number of hydrogen-bond donors (Lipinski definition) is 1. The Bertz CT molecular complexity index is 675. The highest BCUT2D eigenvalue weighted by Gasteiger charge is 2.40. The van der Waals surface area contributed by atoms with Gasteiger partial charge in [0.05, 0.1) is 0 Å². The average molecular weight is 244 g/mol.